The number of aryl methyl sites for hydroxylation is 2. The zero-order chi connectivity index (χ0) is 10.7. The van der Waals surface area contributed by atoms with Crippen LogP contribution in [0.5, 0.6) is 0 Å². The zero-order valence-electron chi connectivity index (χ0n) is 7.98. The van der Waals surface area contributed by atoms with Crippen LogP contribution in [0.2, 0.25) is 0 Å². The minimum absolute atomic E-state index is 0.180. The molecule has 0 radical (unpaired) electrons. The van der Waals surface area contributed by atoms with Crippen molar-refractivity contribution < 1.29 is 4.39 Å². The van der Waals surface area contributed by atoms with Crippen LogP contribution < -0.4 is 5.73 Å². The lowest BCUT2D eigenvalue weighted by Crippen LogP contribution is -1.96. The van der Waals surface area contributed by atoms with Crippen LogP contribution in [0.1, 0.15) is 11.4 Å². The third-order valence-electron chi connectivity index (χ3n) is 2.06. The highest BCUT2D eigenvalue weighted by Gasteiger charge is 2.04. The molecule has 2 N–H and O–H groups in total. The second-order valence-electron chi connectivity index (χ2n) is 3.14. The van der Waals surface area contributed by atoms with E-state index in [4.69, 9.17) is 5.73 Å². The minimum atomic E-state index is -0.180. The van der Waals surface area contributed by atoms with E-state index in [1.54, 1.807) is 12.1 Å². The molecule has 0 amide bonds. The highest BCUT2D eigenvalue weighted by atomic mass is 32.1. The van der Waals surface area contributed by atoms with Gasteiger partial charge in [-0.25, -0.2) is 9.37 Å². The molecule has 1 aromatic heterocycles. The molecule has 0 aliphatic heterocycles. The summed E-state index contributed by atoms with van der Waals surface area (Å²) < 4.78 is 17.3. The van der Waals surface area contributed by atoms with E-state index in [1.165, 1.54) is 17.6 Å². The maximum Gasteiger partial charge on any atom is 0.199 e. The van der Waals surface area contributed by atoms with Gasteiger partial charge in [0, 0.05) is 18.0 Å². The quantitative estimate of drug-likeness (QED) is 0.866. The predicted molar refractivity (Wildman–Crippen MR) is 58.1 cm³/mol. The molecule has 0 aliphatic rings. The van der Waals surface area contributed by atoms with Crippen LogP contribution in [0.4, 0.5) is 9.52 Å². The monoisotopic (exact) mass is 223 g/mol. The molecule has 78 valence electrons. The number of nitrogens with two attached hydrogens (primary N) is 1. The first-order chi connectivity index (χ1) is 7.25. The van der Waals surface area contributed by atoms with E-state index in [0.29, 0.717) is 29.4 Å². The van der Waals surface area contributed by atoms with Crippen molar-refractivity contribution in [2.45, 2.75) is 12.8 Å². The van der Waals surface area contributed by atoms with Gasteiger partial charge in [-0.1, -0.05) is 18.2 Å². The number of aromatic nitrogens is 2. The third-order valence-corrected chi connectivity index (χ3v) is 2.64. The molecule has 0 saturated carbocycles. The summed E-state index contributed by atoms with van der Waals surface area (Å²) in [4.78, 5) is 4.02. The Balaban J connectivity index is 2.02. The van der Waals surface area contributed by atoms with Crippen LogP contribution in [-0.2, 0) is 12.8 Å². The van der Waals surface area contributed by atoms with Crippen molar-refractivity contribution in [1.82, 2.24) is 9.36 Å². The summed E-state index contributed by atoms with van der Waals surface area (Å²) in [5, 5.41) is 0.457. The van der Waals surface area contributed by atoms with Gasteiger partial charge in [-0.2, -0.15) is 4.37 Å². The smallest absolute Gasteiger partial charge is 0.199 e. The predicted octanol–water partition coefficient (Wildman–Crippen LogP) is 2.04. The van der Waals surface area contributed by atoms with Gasteiger partial charge in [-0.05, 0) is 18.1 Å². The molecule has 15 heavy (non-hydrogen) atoms. The number of hydrogen-bond acceptors (Lipinski definition) is 4. The van der Waals surface area contributed by atoms with Gasteiger partial charge in [0.1, 0.15) is 11.6 Å². The van der Waals surface area contributed by atoms with Crippen LogP contribution in [0.15, 0.2) is 24.3 Å². The average Bonchev–Trinajstić information content (AvgIpc) is 2.63. The molecule has 1 aromatic carbocycles. The van der Waals surface area contributed by atoms with Gasteiger partial charge in [-0.3, -0.25) is 0 Å². The number of anilines is 1. The highest BCUT2D eigenvalue weighted by molar-refractivity contribution is 7.09. The van der Waals surface area contributed by atoms with Gasteiger partial charge in [0.05, 0.1) is 0 Å². The fraction of sp³-hybridized carbons (Fsp3) is 0.200. The Morgan fingerprint density at radius 2 is 2.07 bits per heavy atom. The summed E-state index contributed by atoms with van der Waals surface area (Å²) in [7, 11) is 0. The number of rotatable bonds is 3. The average molecular weight is 223 g/mol. The molecule has 0 fully saturated rings. The number of halogens is 1. The number of hydrogen-bond donors (Lipinski definition) is 1. The normalized spacial score (nSPS) is 10.5. The van der Waals surface area contributed by atoms with Gasteiger partial charge in [-0.15, -0.1) is 0 Å². The third kappa shape index (κ3) is 2.50. The molecule has 0 bridgehead atoms. The summed E-state index contributed by atoms with van der Waals surface area (Å²) in [6.45, 7) is 0. The zero-order valence-corrected chi connectivity index (χ0v) is 8.80. The summed E-state index contributed by atoms with van der Waals surface area (Å²) in [5.41, 5.74) is 6.13. The van der Waals surface area contributed by atoms with Crippen molar-refractivity contribution in [3.8, 4) is 0 Å². The van der Waals surface area contributed by atoms with Crippen molar-refractivity contribution in [2.75, 3.05) is 5.73 Å². The van der Waals surface area contributed by atoms with E-state index in [-0.39, 0.29) is 5.82 Å². The number of nitrogens with zero attached hydrogens (tertiary/aromatic N) is 2. The van der Waals surface area contributed by atoms with Gasteiger partial charge < -0.3 is 5.73 Å². The Morgan fingerprint density at radius 1 is 1.27 bits per heavy atom. The number of nitrogen functional groups attached to an aromatic ring is 1. The lowest BCUT2D eigenvalue weighted by Gasteiger charge is -1.99. The molecule has 5 heteroatoms. The fourth-order valence-corrected chi connectivity index (χ4v) is 1.79. The van der Waals surface area contributed by atoms with Crippen molar-refractivity contribution in [3.05, 3.63) is 41.5 Å². The molecule has 1 heterocycles. The van der Waals surface area contributed by atoms with Crippen LogP contribution >= 0.6 is 11.5 Å². The Bertz CT molecular complexity index is 455. The summed E-state index contributed by atoms with van der Waals surface area (Å²) >= 11 is 1.17. The molecule has 0 aliphatic carbocycles. The van der Waals surface area contributed by atoms with E-state index in [1.807, 2.05) is 6.07 Å². The summed E-state index contributed by atoms with van der Waals surface area (Å²) in [6, 6.07) is 6.72. The van der Waals surface area contributed by atoms with Crippen LogP contribution in [0.3, 0.4) is 0 Å². The standard InChI is InChI=1S/C10H10FN3S/c11-8-4-2-1-3-7(8)5-6-9-13-10(12)15-14-9/h1-4H,5-6H2,(H2,12,13,14). The maximum atomic E-state index is 13.2. The van der Waals surface area contributed by atoms with Gasteiger partial charge >= 0.3 is 0 Å². The Kier molecular flexibility index (Phi) is 2.91. The first-order valence-electron chi connectivity index (χ1n) is 4.57. The Morgan fingerprint density at radius 3 is 2.73 bits per heavy atom. The molecule has 2 aromatic rings. The maximum absolute atomic E-state index is 13.2. The second-order valence-corrected chi connectivity index (χ2v) is 3.92. The van der Waals surface area contributed by atoms with Gasteiger partial charge in [0.2, 0.25) is 0 Å². The molecular weight excluding hydrogens is 213 g/mol. The first kappa shape index (κ1) is 10.0. The Labute approximate surface area is 90.9 Å². The molecule has 0 spiro atoms. The molecule has 2 rings (SSSR count). The molecule has 0 unspecified atom stereocenters. The van der Waals surface area contributed by atoms with Crippen LogP contribution in [0, 0.1) is 5.82 Å². The number of benzene rings is 1. The van der Waals surface area contributed by atoms with E-state index in [0.717, 1.165) is 0 Å². The molecular formula is C10H10FN3S. The van der Waals surface area contributed by atoms with E-state index in [9.17, 15) is 4.39 Å². The van der Waals surface area contributed by atoms with E-state index >= 15 is 0 Å². The summed E-state index contributed by atoms with van der Waals surface area (Å²) in [5.74, 6) is 0.501. The van der Waals surface area contributed by atoms with Crippen molar-refractivity contribution in [2.24, 2.45) is 0 Å². The molecule has 0 saturated heterocycles. The Hall–Kier alpha value is -1.49. The lowest BCUT2D eigenvalue weighted by molar-refractivity contribution is 0.607. The summed E-state index contributed by atoms with van der Waals surface area (Å²) in [6.07, 6.45) is 1.22. The van der Waals surface area contributed by atoms with Crippen LogP contribution in [-0.4, -0.2) is 9.36 Å². The van der Waals surface area contributed by atoms with E-state index < -0.39 is 0 Å². The topological polar surface area (TPSA) is 51.8 Å². The van der Waals surface area contributed by atoms with Crippen LogP contribution in [0.25, 0.3) is 0 Å². The highest BCUT2D eigenvalue weighted by Crippen LogP contribution is 2.11. The SMILES string of the molecule is Nc1nc(CCc2ccccc2F)ns1. The molecule has 3 nitrogen and oxygen atoms in total. The van der Waals surface area contributed by atoms with Crippen molar-refractivity contribution >= 4 is 16.7 Å². The lowest BCUT2D eigenvalue weighted by atomic mass is 10.1. The fourth-order valence-electron chi connectivity index (χ4n) is 1.32. The van der Waals surface area contributed by atoms with Crippen molar-refractivity contribution in [1.29, 1.82) is 0 Å². The van der Waals surface area contributed by atoms with Crippen molar-refractivity contribution in [3.63, 3.8) is 0 Å². The largest absolute Gasteiger partial charge is 0.374 e. The first-order valence-corrected chi connectivity index (χ1v) is 5.34. The molecule has 0 atom stereocenters. The second kappa shape index (κ2) is 4.35. The van der Waals surface area contributed by atoms with Gasteiger partial charge in [0.25, 0.3) is 0 Å². The van der Waals surface area contributed by atoms with E-state index in [2.05, 4.69) is 9.36 Å². The van der Waals surface area contributed by atoms with Gasteiger partial charge in [0.15, 0.2) is 5.13 Å². The minimum Gasteiger partial charge on any atom is -0.374 e.